The molecule has 1 unspecified atom stereocenters. The molecule has 2 aromatic carbocycles. The predicted molar refractivity (Wildman–Crippen MR) is 92.3 cm³/mol. The van der Waals surface area contributed by atoms with Gasteiger partial charge in [-0.15, -0.1) is 0 Å². The fourth-order valence-electron chi connectivity index (χ4n) is 2.13. The van der Waals surface area contributed by atoms with Crippen LogP contribution in [0.1, 0.15) is 24.5 Å². The van der Waals surface area contributed by atoms with Crippen LogP contribution in [0, 0.1) is 6.92 Å². The van der Waals surface area contributed by atoms with E-state index in [9.17, 15) is 9.59 Å². The smallest absolute Gasteiger partial charge is 0.279 e. The van der Waals surface area contributed by atoms with Crippen molar-refractivity contribution in [3.63, 3.8) is 0 Å². The van der Waals surface area contributed by atoms with Crippen LogP contribution in [0.15, 0.2) is 54.6 Å². The number of hydrazine groups is 1. The second-order valence-corrected chi connectivity index (χ2v) is 5.55. The summed E-state index contributed by atoms with van der Waals surface area (Å²) in [7, 11) is 0. The second kappa shape index (κ2) is 8.72. The minimum atomic E-state index is -0.708. The van der Waals surface area contributed by atoms with Crippen LogP contribution in [-0.4, -0.2) is 17.9 Å². The van der Waals surface area contributed by atoms with Crippen molar-refractivity contribution in [2.45, 2.75) is 32.8 Å². The maximum atomic E-state index is 12.0. The first-order valence-corrected chi connectivity index (χ1v) is 7.91. The van der Waals surface area contributed by atoms with E-state index in [2.05, 4.69) is 10.9 Å². The fourth-order valence-corrected chi connectivity index (χ4v) is 2.13. The standard InChI is InChI=1S/C19H22N2O3/c1-14-8-6-7-11-17(14)24-15(2)19(23)21-20-18(22)13-12-16-9-4-3-5-10-16/h3-11,15H,12-13H2,1-2H3,(H,20,22)(H,21,23). The van der Waals surface area contributed by atoms with Crippen molar-refractivity contribution in [3.05, 3.63) is 65.7 Å². The van der Waals surface area contributed by atoms with Gasteiger partial charge in [-0.1, -0.05) is 48.5 Å². The van der Waals surface area contributed by atoms with Crippen LogP contribution in [0.5, 0.6) is 5.75 Å². The second-order valence-electron chi connectivity index (χ2n) is 5.55. The topological polar surface area (TPSA) is 67.4 Å². The Kier molecular flexibility index (Phi) is 6.37. The molecule has 0 saturated heterocycles. The van der Waals surface area contributed by atoms with Gasteiger partial charge in [0.15, 0.2) is 6.10 Å². The van der Waals surface area contributed by atoms with Gasteiger partial charge in [0, 0.05) is 6.42 Å². The SMILES string of the molecule is Cc1ccccc1OC(C)C(=O)NNC(=O)CCc1ccccc1. The van der Waals surface area contributed by atoms with Crippen LogP contribution in [0.2, 0.25) is 0 Å². The predicted octanol–water partition coefficient (Wildman–Crippen LogP) is 2.54. The monoisotopic (exact) mass is 326 g/mol. The van der Waals surface area contributed by atoms with Crippen molar-refractivity contribution in [1.82, 2.24) is 10.9 Å². The molecule has 2 aromatic rings. The van der Waals surface area contributed by atoms with Crippen molar-refractivity contribution in [3.8, 4) is 5.75 Å². The minimum absolute atomic E-state index is 0.240. The molecule has 126 valence electrons. The van der Waals surface area contributed by atoms with Crippen molar-refractivity contribution < 1.29 is 14.3 Å². The maximum Gasteiger partial charge on any atom is 0.279 e. The van der Waals surface area contributed by atoms with E-state index < -0.39 is 12.0 Å². The molecule has 2 rings (SSSR count). The number of aryl methyl sites for hydroxylation is 2. The number of nitrogens with one attached hydrogen (secondary N) is 2. The first kappa shape index (κ1) is 17.5. The molecule has 5 heteroatoms. The highest BCUT2D eigenvalue weighted by Crippen LogP contribution is 2.17. The van der Waals surface area contributed by atoms with Crippen LogP contribution in [0.3, 0.4) is 0 Å². The zero-order chi connectivity index (χ0) is 17.4. The highest BCUT2D eigenvalue weighted by Gasteiger charge is 2.16. The lowest BCUT2D eigenvalue weighted by molar-refractivity contribution is -0.132. The van der Waals surface area contributed by atoms with Gasteiger partial charge in [-0.3, -0.25) is 20.4 Å². The summed E-state index contributed by atoms with van der Waals surface area (Å²) >= 11 is 0. The number of para-hydroxylation sites is 1. The number of amides is 2. The molecule has 0 heterocycles. The molecule has 0 radical (unpaired) electrons. The van der Waals surface area contributed by atoms with Gasteiger partial charge in [0.2, 0.25) is 5.91 Å². The number of hydrogen-bond acceptors (Lipinski definition) is 3. The first-order chi connectivity index (χ1) is 11.6. The number of ether oxygens (including phenoxy) is 1. The van der Waals surface area contributed by atoms with E-state index in [-0.39, 0.29) is 5.91 Å². The van der Waals surface area contributed by atoms with Crippen LogP contribution < -0.4 is 15.6 Å². The van der Waals surface area contributed by atoms with Crippen molar-refractivity contribution >= 4 is 11.8 Å². The lowest BCUT2D eigenvalue weighted by Gasteiger charge is -2.16. The van der Waals surface area contributed by atoms with Gasteiger partial charge < -0.3 is 4.74 Å². The van der Waals surface area contributed by atoms with E-state index in [1.807, 2.05) is 55.5 Å². The van der Waals surface area contributed by atoms with Crippen LogP contribution in [-0.2, 0) is 16.0 Å². The van der Waals surface area contributed by atoms with Gasteiger partial charge in [0.1, 0.15) is 5.75 Å². The molecule has 0 aliphatic rings. The number of rotatable bonds is 6. The van der Waals surface area contributed by atoms with Gasteiger partial charge in [-0.05, 0) is 37.5 Å². The van der Waals surface area contributed by atoms with Crippen molar-refractivity contribution in [1.29, 1.82) is 0 Å². The quantitative estimate of drug-likeness (QED) is 0.802. The summed E-state index contributed by atoms with van der Waals surface area (Å²) in [6, 6.07) is 17.2. The van der Waals surface area contributed by atoms with Crippen LogP contribution >= 0.6 is 0 Å². The Morgan fingerprint density at radius 3 is 2.38 bits per heavy atom. The molecule has 24 heavy (non-hydrogen) atoms. The molecule has 5 nitrogen and oxygen atoms in total. The fraction of sp³-hybridized carbons (Fsp3) is 0.263. The molecule has 0 bridgehead atoms. The summed E-state index contributed by atoms with van der Waals surface area (Å²) < 4.78 is 5.61. The Hall–Kier alpha value is -2.82. The summed E-state index contributed by atoms with van der Waals surface area (Å²) in [4.78, 5) is 23.8. The third kappa shape index (κ3) is 5.43. The average Bonchev–Trinajstić information content (AvgIpc) is 2.60. The Morgan fingerprint density at radius 2 is 1.67 bits per heavy atom. The molecule has 0 aliphatic carbocycles. The van der Waals surface area contributed by atoms with E-state index in [1.54, 1.807) is 13.0 Å². The molecule has 0 aliphatic heterocycles. The Labute approximate surface area is 142 Å². The minimum Gasteiger partial charge on any atom is -0.481 e. The molecule has 1 atom stereocenters. The average molecular weight is 326 g/mol. The van der Waals surface area contributed by atoms with Gasteiger partial charge in [-0.2, -0.15) is 0 Å². The lowest BCUT2D eigenvalue weighted by atomic mass is 10.1. The highest BCUT2D eigenvalue weighted by atomic mass is 16.5. The third-order valence-electron chi connectivity index (χ3n) is 3.58. The molecule has 2 amide bonds. The maximum absolute atomic E-state index is 12.0. The van der Waals surface area contributed by atoms with Crippen LogP contribution in [0.4, 0.5) is 0 Å². The molecule has 2 N–H and O–H groups in total. The number of carbonyl (C=O) groups excluding carboxylic acids is 2. The van der Waals surface area contributed by atoms with E-state index in [4.69, 9.17) is 4.74 Å². The zero-order valence-corrected chi connectivity index (χ0v) is 13.9. The van der Waals surface area contributed by atoms with E-state index >= 15 is 0 Å². The Bertz CT molecular complexity index is 686. The summed E-state index contributed by atoms with van der Waals surface area (Å²) in [5, 5.41) is 0. The number of benzene rings is 2. The summed E-state index contributed by atoms with van der Waals surface area (Å²) in [6.45, 7) is 3.54. The van der Waals surface area contributed by atoms with Crippen molar-refractivity contribution in [2.75, 3.05) is 0 Å². The number of carbonyl (C=O) groups is 2. The number of hydrogen-bond donors (Lipinski definition) is 2. The molecule has 0 aromatic heterocycles. The van der Waals surface area contributed by atoms with Gasteiger partial charge >= 0.3 is 0 Å². The zero-order valence-electron chi connectivity index (χ0n) is 13.9. The summed E-state index contributed by atoms with van der Waals surface area (Å²) in [5.41, 5.74) is 6.84. The van der Waals surface area contributed by atoms with Crippen LogP contribution in [0.25, 0.3) is 0 Å². The lowest BCUT2D eigenvalue weighted by Crippen LogP contribution is -2.47. The van der Waals surface area contributed by atoms with Crippen molar-refractivity contribution in [2.24, 2.45) is 0 Å². The molecule has 0 saturated carbocycles. The molecule has 0 fully saturated rings. The summed E-state index contributed by atoms with van der Waals surface area (Å²) in [5.74, 6) is 0.0113. The van der Waals surface area contributed by atoms with Gasteiger partial charge in [0.25, 0.3) is 5.91 Å². The first-order valence-electron chi connectivity index (χ1n) is 7.91. The third-order valence-corrected chi connectivity index (χ3v) is 3.58. The Morgan fingerprint density at radius 1 is 1.00 bits per heavy atom. The van der Waals surface area contributed by atoms with E-state index in [0.29, 0.717) is 18.6 Å². The molecular weight excluding hydrogens is 304 g/mol. The van der Waals surface area contributed by atoms with E-state index in [1.165, 1.54) is 0 Å². The van der Waals surface area contributed by atoms with Gasteiger partial charge in [0.05, 0.1) is 0 Å². The molecular formula is C19H22N2O3. The van der Waals surface area contributed by atoms with E-state index in [0.717, 1.165) is 11.1 Å². The highest BCUT2D eigenvalue weighted by molar-refractivity contribution is 5.84. The normalized spacial score (nSPS) is 11.4. The summed E-state index contributed by atoms with van der Waals surface area (Å²) in [6.07, 6.45) is 0.218. The Balaban J connectivity index is 1.73. The largest absolute Gasteiger partial charge is 0.481 e. The molecule has 0 spiro atoms. The van der Waals surface area contributed by atoms with Gasteiger partial charge in [-0.25, -0.2) is 0 Å².